The minimum absolute atomic E-state index is 0.0122. The minimum Gasteiger partial charge on any atom is -0.451 e. The van der Waals surface area contributed by atoms with Crippen molar-refractivity contribution in [3.05, 3.63) is 75.0 Å². The molecule has 4 rings (SSSR count). The molecule has 2 aromatic carbocycles. The smallest absolute Gasteiger partial charge is 0.291 e. The van der Waals surface area contributed by atoms with E-state index in [9.17, 15) is 19.7 Å². The molecule has 1 fully saturated rings. The number of hydrogen-bond acceptors (Lipinski definition) is 6. The molecule has 188 valence electrons. The zero-order valence-corrected chi connectivity index (χ0v) is 21.0. The highest BCUT2D eigenvalue weighted by molar-refractivity contribution is 6.31. The van der Waals surface area contributed by atoms with Crippen LogP contribution in [0.25, 0.3) is 11.3 Å². The second-order valence-corrected chi connectivity index (χ2v) is 9.46. The average Bonchev–Trinajstić information content (AvgIpc) is 3.34. The number of piperazine rings is 1. The summed E-state index contributed by atoms with van der Waals surface area (Å²) in [5, 5.41) is 14.8. The van der Waals surface area contributed by atoms with Gasteiger partial charge in [0.25, 0.3) is 11.6 Å². The van der Waals surface area contributed by atoms with Gasteiger partial charge in [0.15, 0.2) is 5.76 Å². The molecule has 0 saturated carbocycles. The third kappa shape index (κ3) is 5.36. The van der Waals surface area contributed by atoms with Gasteiger partial charge >= 0.3 is 0 Å². The molecule has 3 aromatic rings. The van der Waals surface area contributed by atoms with Crippen molar-refractivity contribution in [2.75, 3.05) is 36.4 Å². The highest BCUT2D eigenvalue weighted by atomic mass is 35.5. The van der Waals surface area contributed by atoms with Crippen LogP contribution in [0.2, 0.25) is 5.02 Å². The lowest BCUT2D eigenvalue weighted by Gasteiger charge is -2.37. The first-order valence-corrected chi connectivity index (χ1v) is 12.0. The van der Waals surface area contributed by atoms with Crippen LogP contribution in [0.4, 0.5) is 17.1 Å². The van der Waals surface area contributed by atoms with Crippen LogP contribution in [0, 0.1) is 23.0 Å². The van der Waals surface area contributed by atoms with E-state index in [2.05, 4.69) is 10.2 Å². The number of hydrogen-bond donors (Lipinski definition) is 1. The van der Waals surface area contributed by atoms with E-state index in [1.807, 2.05) is 24.8 Å². The zero-order chi connectivity index (χ0) is 26.0. The predicted octanol–water partition coefficient (Wildman–Crippen LogP) is 5.37. The normalized spacial score (nSPS) is 13.7. The lowest BCUT2D eigenvalue weighted by atomic mass is 10.1. The van der Waals surface area contributed by atoms with Crippen LogP contribution >= 0.6 is 11.6 Å². The Kier molecular flexibility index (Phi) is 7.30. The van der Waals surface area contributed by atoms with Gasteiger partial charge in [0.05, 0.1) is 21.9 Å². The molecule has 10 heteroatoms. The Bertz CT molecular complexity index is 1310. The van der Waals surface area contributed by atoms with E-state index in [4.69, 9.17) is 16.0 Å². The maximum Gasteiger partial charge on any atom is 0.291 e. The zero-order valence-electron chi connectivity index (χ0n) is 20.3. The highest BCUT2D eigenvalue weighted by Crippen LogP contribution is 2.34. The van der Waals surface area contributed by atoms with Gasteiger partial charge < -0.3 is 19.5 Å². The number of carbonyl (C=O) groups excluding carboxylic acids is 2. The van der Waals surface area contributed by atoms with Crippen molar-refractivity contribution >= 4 is 40.5 Å². The number of nitro benzene ring substituents is 1. The van der Waals surface area contributed by atoms with E-state index in [1.54, 1.807) is 31.2 Å². The topological polar surface area (TPSA) is 109 Å². The lowest BCUT2D eigenvalue weighted by Crippen LogP contribution is -2.50. The fourth-order valence-electron chi connectivity index (χ4n) is 4.21. The van der Waals surface area contributed by atoms with Gasteiger partial charge in [0.1, 0.15) is 5.76 Å². The van der Waals surface area contributed by atoms with E-state index in [0.717, 1.165) is 11.3 Å². The van der Waals surface area contributed by atoms with Crippen molar-refractivity contribution in [2.45, 2.75) is 20.8 Å². The number of amides is 2. The van der Waals surface area contributed by atoms with Crippen molar-refractivity contribution in [2.24, 2.45) is 5.92 Å². The van der Waals surface area contributed by atoms with Gasteiger partial charge in [0, 0.05) is 43.2 Å². The monoisotopic (exact) mass is 510 g/mol. The van der Waals surface area contributed by atoms with Gasteiger partial charge in [-0.2, -0.15) is 0 Å². The molecule has 0 spiro atoms. The molecule has 0 unspecified atom stereocenters. The largest absolute Gasteiger partial charge is 0.451 e. The van der Waals surface area contributed by atoms with E-state index in [0.29, 0.717) is 42.5 Å². The summed E-state index contributed by atoms with van der Waals surface area (Å²) in [6, 6.07) is 13.1. The number of nitrogens with zero attached hydrogens (tertiary/aromatic N) is 3. The average molecular weight is 511 g/mol. The Labute approximate surface area is 213 Å². The second-order valence-electron chi connectivity index (χ2n) is 9.02. The van der Waals surface area contributed by atoms with Gasteiger partial charge in [-0.3, -0.25) is 19.7 Å². The molecule has 1 aliphatic heterocycles. The standard InChI is InChI=1S/C26H27ClN4O5/c1-16(2)26(33)30-12-10-29(11-13-30)21-7-5-18(27)15-20(21)28-25(32)24-9-8-23(36-24)19-6-4-17(3)14-22(19)31(34)35/h4-9,14-16H,10-13H2,1-3H3,(H,28,32). The first-order chi connectivity index (χ1) is 17.1. The number of anilines is 2. The van der Waals surface area contributed by atoms with Crippen LogP contribution in [0.15, 0.2) is 52.9 Å². The lowest BCUT2D eigenvalue weighted by molar-refractivity contribution is -0.384. The summed E-state index contributed by atoms with van der Waals surface area (Å²) in [6.45, 7) is 7.95. The maximum absolute atomic E-state index is 13.0. The molecule has 0 radical (unpaired) electrons. The molecule has 0 aliphatic carbocycles. The summed E-state index contributed by atoms with van der Waals surface area (Å²) in [6.07, 6.45) is 0. The third-order valence-electron chi connectivity index (χ3n) is 6.08. The molecule has 2 heterocycles. The molecule has 0 bridgehead atoms. The Morgan fingerprint density at radius 3 is 2.44 bits per heavy atom. The molecule has 9 nitrogen and oxygen atoms in total. The number of halogens is 1. The molecule has 0 atom stereocenters. The molecule has 1 N–H and O–H groups in total. The first-order valence-electron chi connectivity index (χ1n) is 11.6. The van der Waals surface area contributed by atoms with Gasteiger partial charge in [-0.15, -0.1) is 0 Å². The quantitative estimate of drug-likeness (QED) is 0.352. The number of nitro groups is 1. The third-order valence-corrected chi connectivity index (χ3v) is 6.31. The van der Waals surface area contributed by atoms with Crippen LogP contribution in [0.5, 0.6) is 0 Å². The van der Waals surface area contributed by atoms with Crippen molar-refractivity contribution in [1.82, 2.24) is 4.90 Å². The number of nitrogens with one attached hydrogen (secondary N) is 1. The highest BCUT2D eigenvalue weighted by Gasteiger charge is 2.25. The van der Waals surface area contributed by atoms with Crippen LogP contribution in [-0.2, 0) is 4.79 Å². The maximum atomic E-state index is 13.0. The van der Waals surface area contributed by atoms with Crippen molar-refractivity contribution in [3.63, 3.8) is 0 Å². The number of furan rings is 1. The van der Waals surface area contributed by atoms with E-state index >= 15 is 0 Å². The van der Waals surface area contributed by atoms with Gasteiger partial charge in [0.2, 0.25) is 5.91 Å². The SMILES string of the molecule is Cc1ccc(-c2ccc(C(=O)Nc3cc(Cl)ccc3N3CCN(C(=O)C(C)C)CC3)o2)c([N+](=O)[O-])c1. The van der Waals surface area contributed by atoms with Gasteiger partial charge in [-0.25, -0.2) is 0 Å². The fraction of sp³-hybridized carbons (Fsp3) is 0.308. The summed E-state index contributed by atoms with van der Waals surface area (Å²) in [4.78, 5) is 40.3. The van der Waals surface area contributed by atoms with Crippen LogP contribution in [0.3, 0.4) is 0 Å². The number of rotatable bonds is 6. The summed E-state index contributed by atoms with van der Waals surface area (Å²) < 4.78 is 5.71. The summed E-state index contributed by atoms with van der Waals surface area (Å²) >= 11 is 6.22. The molecular weight excluding hydrogens is 484 g/mol. The number of aryl methyl sites for hydroxylation is 1. The van der Waals surface area contributed by atoms with E-state index in [1.165, 1.54) is 18.2 Å². The van der Waals surface area contributed by atoms with Crippen molar-refractivity contribution in [1.29, 1.82) is 0 Å². The van der Waals surface area contributed by atoms with E-state index < -0.39 is 10.8 Å². The number of benzene rings is 2. The fourth-order valence-corrected chi connectivity index (χ4v) is 4.38. The molecule has 1 aliphatic rings. The Morgan fingerprint density at radius 2 is 1.78 bits per heavy atom. The van der Waals surface area contributed by atoms with Gasteiger partial charge in [-0.1, -0.05) is 31.5 Å². The summed E-state index contributed by atoms with van der Waals surface area (Å²) in [7, 11) is 0. The van der Waals surface area contributed by atoms with E-state index in [-0.39, 0.29) is 29.0 Å². The van der Waals surface area contributed by atoms with Crippen LogP contribution in [-0.4, -0.2) is 47.8 Å². The van der Waals surface area contributed by atoms with Crippen molar-refractivity contribution < 1.29 is 18.9 Å². The molecule has 36 heavy (non-hydrogen) atoms. The van der Waals surface area contributed by atoms with Crippen molar-refractivity contribution in [3.8, 4) is 11.3 Å². The summed E-state index contributed by atoms with van der Waals surface area (Å²) in [5.74, 6) is -0.196. The second kappa shape index (κ2) is 10.4. The predicted molar refractivity (Wildman–Crippen MR) is 139 cm³/mol. The molecule has 2 amide bonds. The van der Waals surface area contributed by atoms with Crippen LogP contribution in [0.1, 0.15) is 30.0 Å². The first kappa shape index (κ1) is 25.2. The Balaban J connectivity index is 1.53. The molecular formula is C26H27ClN4O5. The van der Waals surface area contributed by atoms with Gasteiger partial charge in [-0.05, 0) is 48.9 Å². The number of carbonyl (C=O) groups is 2. The van der Waals surface area contributed by atoms with Crippen LogP contribution < -0.4 is 10.2 Å². The minimum atomic E-state index is -0.506. The molecule has 1 saturated heterocycles. The Morgan fingerprint density at radius 1 is 1.06 bits per heavy atom. The summed E-state index contributed by atoms with van der Waals surface area (Å²) in [5.41, 5.74) is 2.24. The Hall–Kier alpha value is -3.85. The molecule has 1 aromatic heterocycles.